The molecule has 0 radical (unpaired) electrons. The average Bonchev–Trinajstić information content (AvgIpc) is 2.91. The lowest BCUT2D eigenvalue weighted by Gasteiger charge is -2.34. The largest absolute Gasteiger partial charge is 0.544 e. The molecule has 0 aromatic carbocycles. The first-order valence-corrected chi connectivity index (χ1v) is 15.5. The smallest absolute Gasteiger partial charge is 0.306 e. The molecule has 8 heteroatoms. The third-order valence-electron chi connectivity index (χ3n) is 6.52. The summed E-state index contributed by atoms with van der Waals surface area (Å²) in [5.74, 6) is -1.86. The van der Waals surface area contributed by atoms with Crippen molar-refractivity contribution in [2.24, 2.45) is 0 Å². The average molecular weight is 580 g/mol. The van der Waals surface area contributed by atoms with Crippen LogP contribution < -0.4 is 5.11 Å². The highest BCUT2D eigenvalue weighted by Gasteiger charge is 2.25. The van der Waals surface area contributed by atoms with Crippen molar-refractivity contribution in [2.75, 3.05) is 41.0 Å². The Morgan fingerprint density at radius 1 is 0.756 bits per heavy atom. The van der Waals surface area contributed by atoms with Gasteiger partial charge in [-0.05, 0) is 44.9 Å². The third kappa shape index (κ3) is 23.9. The first-order chi connectivity index (χ1) is 19.6. The van der Waals surface area contributed by atoms with Crippen molar-refractivity contribution >= 4 is 17.9 Å². The predicted octanol–water partition coefficient (Wildman–Crippen LogP) is 5.45. The van der Waals surface area contributed by atoms with E-state index >= 15 is 0 Å². The van der Waals surface area contributed by atoms with Gasteiger partial charge < -0.3 is 28.6 Å². The zero-order chi connectivity index (χ0) is 30.8. The number of unbranched alkanes of at least 4 members (excludes halogenated alkanes) is 6. The standard InChI is InChI=1S/C33H57NO7/c1-6-8-10-12-14-15-16-18-20-22-24-32(36)41-29(27-39-26-25-30(33(37)38)34(3,4)5)28-40-31(35)23-21-19-17-13-11-9-7-2/h9,11-12,14,17,19,29-30H,6-8,10,13,15-16,18,20-28H2,1-5H3/b11-9+,14-12+,19-17+. The summed E-state index contributed by atoms with van der Waals surface area (Å²) >= 11 is 0. The second-order valence-corrected chi connectivity index (χ2v) is 11.3. The number of allylic oxidation sites excluding steroid dienone is 6. The van der Waals surface area contributed by atoms with E-state index in [1.807, 2.05) is 12.2 Å². The van der Waals surface area contributed by atoms with Crippen LogP contribution in [0.15, 0.2) is 36.5 Å². The van der Waals surface area contributed by atoms with Gasteiger partial charge in [-0.1, -0.05) is 76.0 Å². The third-order valence-corrected chi connectivity index (χ3v) is 6.52. The molecule has 0 fully saturated rings. The molecule has 0 rings (SSSR count). The van der Waals surface area contributed by atoms with Gasteiger partial charge in [0, 0.05) is 19.3 Å². The number of hydrogen-bond donors (Lipinski definition) is 0. The number of hydrogen-bond acceptors (Lipinski definition) is 7. The summed E-state index contributed by atoms with van der Waals surface area (Å²) in [5.41, 5.74) is 0. The Kier molecular flexibility index (Phi) is 23.8. The van der Waals surface area contributed by atoms with Gasteiger partial charge in [0.2, 0.25) is 0 Å². The van der Waals surface area contributed by atoms with E-state index in [-0.39, 0.29) is 49.1 Å². The number of carboxylic acids is 1. The van der Waals surface area contributed by atoms with Crippen LogP contribution in [0.1, 0.15) is 104 Å². The first kappa shape index (κ1) is 38.5. The van der Waals surface area contributed by atoms with Gasteiger partial charge in [0.25, 0.3) is 0 Å². The number of quaternary nitrogens is 1. The Morgan fingerprint density at radius 2 is 1.41 bits per heavy atom. The maximum atomic E-state index is 12.5. The van der Waals surface area contributed by atoms with Gasteiger partial charge in [0.05, 0.1) is 40.3 Å². The normalized spacial score (nSPS) is 13.7. The molecule has 8 nitrogen and oxygen atoms in total. The van der Waals surface area contributed by atoms with Crippen molar-refractivity contribution < 1.29 is 38.2 Å². The zero-order valence-corrected chi connectivity index (χ0v) is 26.4. The fourth-order valence-corrected chi connectivity index (χ4v) is 4.05. The van der Waals surface area contributed by atoms with Gasteiger partial charge in [-0.2, -0.15) is 0 Å². The van der Waals surface area contributed by atoms with E-state index in [9.17, 15) is 19.5 Å². The minimum atomic E-state index is -1.14. The number of rotatable bonds is 26. The number of likely N-dealkylation sites (N-methyl/N-ethyl adjacent to an activating group) is 1. The molecule has 236 valence electrons. The summed E-state index contributed by atoms with van der Waals surface area (Å²) in [6.07, 6.45) is 23.6. The molecule has 0 saturated carbocycles. The van der Waals surface area contributed by atoms with Crippen molar-refractivity contribution in [3.8, 4) is 0 Å². The number of carbonyl (C=O) groups is 3. The number of carbonyl (C=O) groups excluding carboxylic acids is 3. The van der Waals surface area contributed by atoms with Gasteiger partial charge in [-0.3, -0.25) is 9.59 Å². The number of nitrogens with zero attached hydrogens (tertiary/aromatic N) is 1. The highest BCUT2D eigenvalue weighted by Crippen LogP contribution is 2.11. The molecule has 2 atom stereocenters. The molecule has 0 spiro atoms. The van der Waals surface area contributed by atoms with E-state index in [2.05, 4.69) is 38.2 Å². The van der Waals surface area contributed by atoms with Crippen LogP contribution in [0.2, 0.25) is 0 Å². The van der Waals surface area contributed by atoms with Crippen LogP contribution in [0, 0.1) is 0 Å². The summed E-state index contributed by atoms with van der Waals surface area (Å²) in [5, 5.41) is 11.5. The van der Waals surface area contributed by atoms with Crippen LogP contribution in [0.4, 0.5) is 0 Å². The molecule has 0 aliphatic rings. The monoisotopic (exact) mass is 579 g/mol. The number of esters is 2. The van der Waals surface area contributed by atoms with Crippen molar-refractivity contribution in [1.82, 2.24) is 0 Å². The summed E-state index contributed by atoms with van der Waals surface area (Å²) in [6.45, 7) is 4.34. The molecule has 41 heavy (non-hydrogen) atoms. The van der Waals surface area contributed by atoms with Crippen LogP contribution in [0.3, 0.4) is 0 Å². The van der Waals surface area contributed by atoms with Crippen molar-refractivity contribution in [3.05, 3.63) is 36.5 Å². The van der Waals surface area contributed by atoms with Crippen LogP contribution >= 0.6 is 0 Å². The van der Waals surface area contributed by atoms with Gasteiger partial charge >= 0.3 is 11.9 Å². The van der Waals surface area contributed by atoms with Crippen molar-refractivity contribution in [1.29, 1.82) is 0 Å². The van der Waals surface area contributed by atoms with Crippen LogP contribution in [-0.2, 0) is 28.6 Å². The molecule has 0 amide bonds. The molecule has 2 unspecified atom stereocenters. The van der Waals surface area contributed by atoms with Gasteiger partial charge in [-0.25, -0.2) is 0 Å². The molecule has 0 aromatic heterocycles. The number of aliphatic carboxylic acids is 1. The molecule has 0 aromatic rings. The van der Waals surface area contributed by atoms with E-state index in [0.717, 1.165) is 51.4 Å². The highest BCUT2D eigenvalue weighted by molar-refractivity contribution is 5.70. The van der Waals surface area contributed by atoms with E-state index in [1.54, 1.807) is 21.1 Å². The maximum Gasteiger partial charge on any atom is 0.306 e. The summed E-state index contributed by atoms with van der Waals surface area (Å²) in [6, 6.07) is -0.730. The molecule has 0 aliphatic heterocycles. The highest BCUT2D eigenvalue weighted by atomic mass is 16.6. The first-order valence-electron chi connectivity index (χ1n) is 15.5. The lowest BCUT2D eigenvalue weighted by atomic mass is 10.1. The zero-order valence-electron chi connectivity index (χ0n) is 26.4. The van der Waals surface area contributed by atoms with Crippen molar-refractivity contribution in [3.63, 3.8) is 0 Å². The number of ether oxygens (including phenoxy) is 3. The van der Waals surface area contributed by atoms with E-state index in [4.69, 9.17) is 14.2 Å². The molecule has 0 heterocycles. The predicted molar refractivity (Wildman–Crippen MR) is 162 cm³/mol. The van der Waals surface area contributed by atoms with Crippen LogP contribution in [0.5, 0.6) is 0 Å². The summed E-state index contributed by atoms with van der Waals surface area (Å²) < 4.78 is 16.8. The van der Waals surface area contributed by atoms with Gasteiger partial charge in [-0.15, -0.1) is 0 Å². The Hall–Kier alpha value is -2.45. The van der Waals surface area contributed by atoms with Crippen molar-refractivity contribution in [2.45, 2.75) is 116 Å². The minimum absolute atomic E-state index is 0.0178. The lowest BCUT2D eigenvalue weighted by molar-refractivity contribution is -0.889. The van der Waals surface area contributed by atoms with Crippen LogP contribution in [-0.4, -0.2) is 75.5 Å². The molecule has 0 N–H and O–H groups in total. The lowest BCUT2D eigenvalue weighted by Crippen LogP contribution is -2.55. The fraction of sp³-hybridized carbons (Fsp3) is 0.727. The minimum Gasteiger partial charge on any atom is -0.544 e. The Labute approximate surface area is 249 Å². The second-order valence-electron chi connectivity index (χ2n) is 11.3. The van der Waals surface area contributed by atoms with E-state index in [1.165, 1.54) is 12.8 Å². The molecular formula is C33H57NO7. The molecule has 0 saturated heterocycles. The maximum absolute atomic E-state index is 12.5. The molecule has 0 bridgehead atoms. The topological polar surface area (TPSA) is 102 Å². The fourth-order valence-electron chi connectivity index (χ4n) is 4.05. The Bertz CT molecular complexity index is 783. The molecular weight excluding hydrogens is 522 g/mol. The number of carboxylic acid groups (broad SMARTS) is 1. The van der Waals surface area contributed by atoms with E-state index < -0.39 is 18.1 Å². The van der Waals surface area contributed by atoms with Gasteiger partial charge in [0.15, 0.2) is 6.10 Å². The Balaban J connectivity index is 4.61. The Morgan fingerprint density at radius 3 is 2.07 bits per heavy atom. The summed E-state index contributed by atoms with van der Waals surface area (Å²) in [4.78, 5) is 36.2. The van der Waals surface area contributed by atoms with Crippen LogP contribution in [0.25, 0.3) is 0 Å². The summed E-state index contributed by atoms with van der Waals surface area (Å²) in [7, 11) is 5.35. The molecule has 0 aliphatic carbocycles. The second kappa shape index (κ2) is 25.3. The quantitative estimate of drug-likeness (QED) is 0.0581. The SMILES string of the molecule is CC/C=C/C/C=C/CCC(=O)OCC(COCCC(C(=O)[O-])[N+](C)(C)C)OC(=O)CCCCCC/C=C/CCCC. The van der Waals surface area contributed by atoms with Gasteiger partial charge in [0.1, 0.15) is 12.6 Å². The van der Waals surface area contributed by atoms with E-state index in [0.29, 0.717) is 12.8 Å².